The molecule has 6 aliphatic rings. The average Bonchev–Trinajstić information content (AvgIpc) is 3.47. The molecule has 6 aliphatic carbocycles. The molecule has 4 fully saturated rings. The highest BCUT2D eigenvalue weighted by molar-refractivity contribution is 5.41. The number of aromatic hydroxyl groups is 2. The zero-order valence-electron chi connectivity index (χ0n) is 26.5. The second kappa shape index (κ2) is 12.0. The number of hydrogen-bond donors (Lipinski definition) is 5. The van der Waals surface area contributed by atoms with Crippen LogP contribution in [0.4, 0.5) is 0 Å². The molecule has 5 nitrogen and oxygen atoms in total. The third kappa shape index (κ3) is 5.32. The molecule has 0 spiro atoms. The molecule has 0 amide bonds. The second-order valence-corrected chi connectivity index (χ2v) is 15.2. The maximum Gasteiger partial charge on any atom is 0.115 e. The van der Waals surface area contributed by atoms with Gasteiger partial charge in [0.25, 0.3) is 0 Å². The van der Waals surface area contributed by atoms with E-state index in [0.717, 1.165) is 50.4 Å². The highest BCUT2D eigenvalue weighted by Gasteiger charge is 2.55. The summed E-state index contributed by atoms with van der Waals surface area (Å²) in [6.07, 6.45) is 13.6. The molecule has 0 aromatic heterocycles. The van der Waals surface area contributed by atoms with Crippen molar-refractivity contribution in [2.45, 2.75) is 122 Å². The molecule has 5 N–H and O–H groups in total. The highest BCUT2D eigenvalue weighted by atomic mass is 16.3. The lowest BCUT2D eigenvalue weighted by Crippen LogP contribution is -2.43. The van der Waals surface area contributed by atoms with Crippen LogP contribution in [-0.4, -0.2) is 44.3 Å². The van der Waals surface area contributed by atoms with Crippen molar-refractivity contribution >= 4 is 0 Å². The van der Waals surface area contributed by atoms with Gasteiger partial charge in [-0.25, -0.2) is 0 Å². The van der Waals surface area contributed by atoms with Gasteiger partial charge in [0.1, 0.15) is 11.5 Å². The molecule has 10 atom stereocenters. The number of benzene rings is 2. The summed E-state index contributed by atoms with van der Waals surface area (Å²) in [5.41, 5.74) is 5.98. The van der Waals surface area contributed by atoms with Crippen molar-refractivity contribution in [3.05, 3.63) is 58.7 Å². The Balaban J connectivity index is 0.000000141. The first-order valence-electron chi connectivity index (χ1n) is 17.2. The van der Waals surface area contributed by atoms with Crippen molar-refractivity contribution in [3.8, 4) is 11.5 Å². The number of phenolic OH excluding ortho intramolecular Hbond substituents is 2. The molecular weight excluding hydrogens is 536 g/mol. The predicted molar refractivity (Wildman–Crippen MR) is 170 cm³/mol. The van der Waals surface area contributed by atoms with Gasteiger partial charge in [0, 0.05) is 6.61 Å². The van der Waals surface area contributed by atoms with Crippen molar-refractivity contribution in [1.29, 1.82) is 0 Å². The zero-order valence-corrected chi connectivity index (χ0v) is 26.5. The third-order valence-corrected chi connectivity index (χ3v) is 13.3. The van der Waals surface area contributed by atoms with E-state index < -0.39 is 0 Å². The summed E-state index contributed by atoms with van der Waals surface area (Å²) in [6.45, 7) is 6.57. The molecule has 5 heteroatoms. The van der Waals surface area contributed by atoms with Crippen LogP contribution in [0.3, 0.4) is 0 Å². The lowest BCUT2D eigenvalue weighted by Gasteiger charge is -2.50. The Morgan fingerprint density at radius 1 is 0.628 bits per heavy atom. The first kappa shape index (κ1) is 30.9. The normalized spacial score (nSPS) is 40.1. The van der Waals surface area contributed by atoms with Crippen LogP contribution in [0.2, 0.25) is 0 Å². The summed E-state index contributed by atoms with van der Waals surface area (Å²) in [6, 6.07) is 11.9. The van der Waals surface area contributed by atoms with E-state index in [0.29, 0.717) is 35.2 Å². The minimum atomic E-state index is -0.0883. The smallest absolute Gasteiger partial charge is 0.115 e. The Labute approximate surface area is 258 Å². The molecule has 0 saturated heterocycles. The molecule has 4 saturated carbocycles. The predicted octanol–water partition coefficient (Wildman–Crippen LogP) is 7.22. The van der Waals surface area contributed by atoms with Gasteiger partial charge in [-0.15, -0.1) is 0 Å². The van der Waals surface area contributed by atoms with Gasteiger partial charge in [-0.2, -0.15) is 0 Å². The Kier molecular flexibility index (Phi) is 8.65. The SMILES string of the molecule is CCO.C[C@]12CC[C@@H]3c4ccc(O)cc4CC[C@H]3[C@@H]1CC[C@@H]2O.C[C@]12CC[C@@H]3c4ccc(O)cc4CC[C@H]3[C@@H]1CC[C@@H]2O. The van der Waals surface area contributed by atoms with E-state index in [-0.39, 0.29) is 29.6 Å². The van der Waals surface area contributed by atoms with Crippen LogP contribution in [0.5, 0.6) is 11.5 Å². The molecule has 236 valence electrons. The minimum absolute atomic E-state index is 0.0883. The van der Waals surface area contributed by atoms with Crippen LogP contribution in [0.25, 0.3) is 0 Å². The number of aryl methyl sites for hydroxylation is 2. The molecular formula is C38H54O5. The van der Waals surface area contributed by atoms with E-state index in [1.54, 1.807) is 6.92 Å². The van der Waals surface area contributed by atoms with E-state index in [2.05, 4.69) is 26.0 Å². The summed E-state index contributed by atoms with van der Waals surface area (Å²) in [7, 11) is 0. The summed E-state index contributed by atoms with van der Waals surface area (Å²) in [5.74, 6) is 4.98. The quantitative estimate of drug-likeness (QED) is 0.223. The lowest BCUT2D eigenvalue weighted by atomic mass is 9.55. The summed E-state index contributed by atoms with van der Waals surface area (Å²) >= 11 is 0. The minimum Gasteiger partial charge on any atom is -0.508 e. The van der Waals surface area contributed by atoms with Crippen molar-refractivity contribution in [3.63, 3.8) is 0 Å². The highest BCUT2D eigenvalue weighted by Crippen LogP contribution is 2.62. The van der Waals surface area contributed by atoms with Crippen LogP contribution < -0.4 is 0 Å². The monoisotopic (exact) mass is 590 g/mol. The van der Waals surface area contributed by atoms with Gasteiger partial charge in [-0.05, 0) is 177 Å². The largest absolute Gasteiger partial charge is 0.508 e. The topological polar surface area (TPSA) is 101 Å². The number of aliphatic hydroxyl groups is 3. The van der Waals surface area contributed by atoms with Gasteiger partial charge in [0.2, 0.25) is 0 Å². The van der Waals surface area contributed by atoms with Gasteiger partial charge >= 0.3 is 0 Å². The van der Waals surface area contributed by atoms with Crippen LogP contribution in [0.15, 0.2) is 36.4 Å². The molecule has 43 heavy (non-hydrogen) atoms. The molecule has 0 radical (unpaired) electrons. The van der Waals surface area contributed by atoms with Crippen molar-refractivity contribution in [2.75, 3.05) is 6.61 Å². The van der Waals surface area contributed by atoms with E-state index in [1.165, 1.54) is 60.8 Å². The zero-order chi connectivity index (χ0) is 30.5. The van der Waals surface area contributed by atoms with Gasteiger partial charge in [0.05, 0.1) is 12.2 Å². The Hall–Kier alpha value is -2.08. The molecule has 2 aromatic carbocycles. The molecule has 0 unspecified atom stereocenters. The maximum absolute atomic E-state index is 10.4. The molecule has 8 rings (SSSR count). The van der Waals surface area contributed by atoms with Gasteiger partial charge in [-0.3, -0.25) is 0 Å². The van der Waals surface area contributed by atoms with Crippen LogP contribution in [0.1, 0.15) is 119 Å². The molecule has 0 heterocycles. The number of hydrogen-bond acceptors (Lipinski definition) is 5. The summed E-state index contributed by atoms with van der Waals surface area (Å²) < 4.78 is 0. The van der Waals surface area contributed by atoms with Gasteiger partial charge < -0.3 is 25.5 Å². The molecule has 0 aliphatic heterocycles. The van der Waals surface area contributed by atoms with E-state index >= 15 is 0 Å². The fourth-order valence-corrected chi connectivity index (χ4v) is 11.1. The third-order valence-electron chi connectivity index (χ3n) is 13.3. The Morgan fingerprint density at radius 3 is 1.42 bits per heavy atom. The van der Waals surface area contributed by atoms with Crippen molar-refractivity contribution in [2.24, 2.45) is 34.5 Å². The van der Waals surface area contributed by atoms with Gasteiger partial charge in [0.15, 0.2) is 0 Å². The van der Waals surface area contributed by atoms with E-state index in [4.69, 9.17) is 5.11 Å². The van der Waals surface area contributed by atoms with Crippen molar-refractivity contribution in [1.82, 2.24) is 0 Å². The number of fused-ring (bicyclic) bond motifs is 10. The first-order chi connectivity index (χ1) is 20.6. The van der Waals surface area contributed by atoms with E-state index in [1.807, 2.05) is 24.3 Å². The van der Waals surface area contributed by atoms with E-state index in [9.17, 15) is 20.4 Å². The average molecular weight is 591 g/mol. The number of phenols is 2. The summed E-state index contributed by atoms with van der Waals surface area (Å²) in [4.78, 5) is 0. The fourth-order valence-electron chi connectivity index (χ4n) is 11.1. The van der Waals surface area contributed by atoms with Crippen LogP contribution in [-0.2, 0) is 12.8 Å². The Morgan fingerprint density at radius 2 is 1.02 bits per heavy atom. The Bertz CT molecular complexity index is 1190. The summed E-state index contributed by atoms with van der Waals surface area (Å²) in [5, 5.41) is 47.7. The van der Waals surface area contributed by atoms with Crippen molar-refractivity contribution < 1.29 is 25.5 Å². The van der Waals surface area contributed by atoms with Crippen LogP contribution in [0, 0.1) is 34.5 Å². The lowest BCUT2D eigenvalue weighted by molar-refractivity contribution is -0.0226. The second-order valence-electron chi connectivity index (χ2n) is 15.2. The maximum atomic E-state index is 10.4. The first-order valence-corrected chi connectivity index (χ1v) is 17.2. The molecule has 0 bridgehead atoms. The standard InChI is InChI=1S/2C18H24O2.C2H6O/c2*1-18-9-8-14-13-5-3-12(19)10-11(13)2-4-15(14)16(18)6-7-17(18)20;1-2-3/h2*3,5,10,14-17,19-20H,2,4,6-9H2,1H3;3H,2H2,1H3/t2*14-,15-,16+,17+,18+;/m11./s1. The fraction of sp³-hybridized carbons (Fsp3) is 0.684. The number of rotatable bonds is 0. The number of aliphatic hydroxyl groups excluding tert-OH is 3. The van der Waals surface area contributed by atoms with Gasteiger partial charge in [-0.1, -0.05) is 26.0 Å². The molecule has 2 aromatic rings. The van der Waals surface area contributed by atoms with Crippen LogP contribution >= 0.6 is 0 Å².